The molecule has 2 aromatic carbocycles. The van der Waals surface area contributed by atoms with Crippen molar-refractivity contribution >= 4 is 22.2 Å². The Bertz CT molecular complexity index is 1190. The number of rotatable bonds is 2. The van der Waals surface area contributed by atoms with Crippen LogP contribution in [0, 0.1) is 13.8 Å². The molecule has 7 heteroatoms. The third kappa shape index (κ3) is 2.59. The lowest BCUT2D eigenvalue weighted by Crippen LogP contribution is -2.25. The Kier molecular flexibility index (Phi) is 3.90. The summed E-state index contributed by atoms with van der Waals surface area (Å²) in [7, 11) is 0. The summed E-state index contributed by atoms with van der Waals surface area (Å²) >= 11 is 0. The van der Waals surface area contributed by atoms with Crippen LogP contribution in [0.25, 0.3) is 27.9 Å². The van der Waals surface area contributed by atoms with Gasteiger partial charge < -0.3 is 14.9 Å². The van der Waals surface area contributed by atoms with Crippen molar-refractivity contribution < 1.29 is 14.9 Å². The van der Waals surface area contributed by atoms with E-state index < -0.39 is 18.3 Å². The van der Waals surface area contributed by atoms with Crippen molar-refractivity contribution in [3.05, 3.63) is 59.3 Å². The highest BCUT2D eigenvalue weighted by molar-refractivity contribution is 5.87. The SMILES string of the molecule is Cc1cc2nc3c([C@@H]4OC[C@@H](O)[C@H]4O)nn(-c4ccccc4)c3nc2cc1C. The van der Waals surface area contributed by atoms with Crippen LogP contribution in [0.15, 0.2) is 42.5 Å². The normalized spacial score (nSPS) is 22.4. The number of hydrogen-bond donors (Lipinski definition) is 2. The van der Waals surface area contributed by atoms with Gasteiger partial charge in [0, 0.05) is 0 Å². The van der Waals surface area contributed by atoms with E-state index in [0.717, 1.165) is 27.8 Å². The fourth-order valence-electron chi connectivity index (χ4n) is 3.61. The van der Waals surface area contributed by atoms with Gasteiger partial charge in [0.15, 0.2) is 5.65 Å². The zero-order valence-electron chi connectivity index (χ0n) is 15.6. The highest BCUT2D eigenvalue weighted by Crippen LogP contribution is 2.34. The van der Waals surface area contributed by atoms with E-state index in [9.17, 15) is 10.2 Å². The number of fused-ring (bicyclic) bond motifs is 2. The standard InChI is InChI=1S/C21H20N4O3/c1-11-8-14-15(9-12(11)2)23-21-18(22-14)17(20-19(27)16(26)10-28-20)24-25(21)13-6-4-3-5-7-13/h3-9,16,19-20,26-27H,10H2,1-2H3/t16-,19-,20+/m1/s1. The molecule has 7 nitrogen and oxygen atoms in total. The summed E-state index contributed by atoms with van der Waals surface area (Å²) in [6, 6.07) is 13.7. The number of ether oxygens (including phenoxy) is 1. The van der Waals surface area contributed by atoms with E-state index >= 15 is 0 Å². The topological polar surface area (TPSA) is 93.3 Å². The molecule has 0 unspecified atom stereocenters. The van der Waals surface area contributed by atoms with Gasteiger partial charge in [0.1, 0.15) is 29.5 Å². The number of aliphatic hydroxyl groups is 2. The molecule has 0 amide bonds. The van der Waals surface area contributed by atoms with Crippen molar-refractivity contribution in [3.8, 4) is 5.69 Å². The number of nitrogens with zero attached hydrogens (tertiary/aromatic N) is 4. The van der Waals surface area contributed by atoms with Gasteiger partial charge in [-0.15, -0.1) is 0 Å². The molecule has 4 aromatic rings. The number of hydrogen-bond acceptors (Lipinski definition) is 6. The highest BCUT2D eigenvalue weighted by Gasteiger charge is 2.39. The molecule has 3 heterocycles. The Morgan fingerprint density at radius 3 is 2.32 bits per heavy atom. The first-order chi connectivity index (χ1) is 13.5. The molecule has 1 saturated heterocycles. The van der Waals surface area contributed by atoms with Crippen molar-refractivity contribution in [3.63, 3.8) is 0 Å². The van der Waals surface area contributed by atoms with Gasteiger partial charge in [-0.3, -0.25) is 0 Å². The molecule has 3 atom stereocenters. The molecule has 0 aliphatic carbocycles. The molecule has 0 saturated carbocycles. The molecule has 1 aliphatic rings. The molecule has 0 spiro atoms. The third-order valence-electron chi connectivity index (χ3n) is 5.33. The first-order valence-corrected chi connectivity index (χ1v) is 9.23. The van der Waals surface area contributed by atoms with Gasteiger partial charge >= 0.3 is 0 Å². The molecule has 28 heavy (non-hydrogen) atoms. The zero-order chi connectivity index (χ0) is 19.4. The van der Waals surface area contributed by atoms with Gasteiger partial charge in [-0.1, -0.05) is 18.2 Å². The van der Waals surface area contributed by atoms with Crippen molar-refractivity contribution in [1.82, 2.24) is 19.7 Å². The summed E-state index contributed by atoms with van der Waals surface area (Å²) in [6.45, 7) is 4.14. The molecular weight excluding hydrogens is 356 g/mol. The number of benzene rings is 2. The Morgan fingerprint density at radius 2 is 1.68 bits per heavy atom. The van der Waals surface area contributed by atoms with Gasteiger partial charge in [-0.2, -0.15) is 5.10 Å². The van der Waals surface area contributed by atoms with Crippen molar-refractivity contribution in [1.29, 1.82) is 0 Å². The largest absolute Gasteiger partial charge is 0.388 e. The van der Waals surface area contributed by atoms with Crippen molar-refractivity contribution in [2.45, 2.75) is 32.2 Å². The average Bonchev–Trinajstić information content (AvgIpc) is 3.22. The van der Waals surface area contributed by atoms with E-state index in [4.69, 9.17) is 14.7 Å². The van der Waals surface area contributed by atoms with E-state index in [1.54, 1.807) is 4.68 Å². The van der Waals surface area contributed by atoms with Crippen LogP contribution < -0.4 is 0 Å². The van der Waals surface area contributed by atoms with E-state index in [2.05, 4.69) is 5.10 Å². The summed E-state index contributed by atoms with van der Waals surface area (Å²) < 4.78 is 7.35. The van der Waals surface area contributed by atoms with Crippen LogP contribution in [-0.4, -0.2) is 48.8 Å². The molecule has 2 aromatic heterocycles. The van der Waals surface area contributed by atoms with Crippen LogP contribution in [0.1, 0.15) is 22.9 Å². The Balaban J connectivity index is 1.81. The maximum absolute atomic E-state index is 10.4. The minimum absolute atomic E-state index is 0.0604. The lowest BCUT2D eigenvalue weighted by Gasteiger charge is -2.12. The maximum atomic E-state index is 10.4. The second kappa shape index (κ2) is 6.34. The zero-order valence-corrected chi connectivity index (χ0v) is 15.6. The van der Waals surface area contributed by atoms with Gasteiger partial charge in [-0.25, -0.2) is 14.6 Å². The number of aromatic nitrogens is 4. The minimum atomic E-state index is -1.06. The predicted octanol–water partition coefficient (Wildman–Crippen LogP) is 2.38. The molecule has 142 valence electrons. The Hall–Kier alpha value is -2.87. The first kappa shape index (κ1) is 17.2. The third-order valence-corrected chi connectivity index (χ3v) is 5.33. The summed E-state index contributed by atoms with van der Waals surface area (Å²) in [5.74, 6) is 0. The van der Waals surface area contributed by atoms with E-state index in [-0.39, 0.29) is 6.61 Å². The smallest absolute Gasteiger partial charge is 0.182 e. The highest BCUT2D eigenvalue weighted by atomic mass is 16.5. The van der Waals surface area contributed by atoms with E-state index in [0.29, 0.717) is 16.9 Å². The molecule has 5 rings (SSSR count). The second-order valence-electron chi connectivity index (χ2n) is 7.27. The summed E-state index contributed by atoms with van der Waals surface area (Å²) in [4.78, 5) is 9.64. The minimum Gasteiger partial charge on any atom is -0.388 e. The summed E-state index contributed by atoms with van der Waals surface area (Å²) in [6.07, 6.45) is -2.75. The fourth-order valence-corrected chi connectivity index (χ4v) is 3.61. The van der Waals surface area contributed by atoms with Crippen LogP contribution >= 0.6 is 0 Å². The van der Waals surface area contributed by atoms with Gasteiger partial charge in [-0.05, 0) is 49.2 Å². The first-order valence-electron chi connectivity index (χ1n) is 9.23. The Labute approximate surface area is 161 Å². The number of para-hydroxylation sites is 1. The predicted molar refractivity (Wildman–Crippen MR) is 104 cm³/mol. The van der Waals surface area contributed by atoms with E-state index in [1.165, 1.54) is 0 Å². The second-order valence-corrected chi connectivity index (χ2v) is 7.27. The molecule has 1 fully saturated rings. The number of aliphatic hydroxyl groups excluding tert-OH is 2. The van der Waals surface area contributed by atoms with Crippen molar-refractivity contribution in [2.75, 3.05) is 6.61 Å². The maximum Gasteiger partial charge on any atom is 0.182 e. The van der Waals surface area contributed by atoms with Gasteiger partial charge in [0.25, 0.3) is 0 Å². The van der Waals surface area contributed by atoms with Crippen LogP contribution in [0.4, 0.5) is 0 Å². The fraction of sp³-hybridized carbons (Fsp3) is 0.286. The van der Waals surface area contributed by atoms with Crippen LogP contribution in [-0.2, 0) is 4.74 Å². The van der Waals surface area contributed by atoms with Crippen LogP contribution in [0.3, 0.4) is 0 Å². The van der Waals surface area contributed by atoms with Gasteiger partial charge in [0.2, 0.25) is 0 Å². The molecule has 2 N–H and O–H groups in total. The molecule has 0 bridgehead atoms. The van der Waals surface area contributed by atoms with Crippen molar-refractivity contribution in [2.24, 2.45) is 0 Å². The van der Waals surface area contributed by atoms with Crippen LogP contribution in [0.2, 0.25) is 0 Å². The molecule has 0 radical (unpaired) electrons. The quantitative estimate of drug-likeness (QED) is 0.558. The average molecular weight is 376 g/mol. The monoisotopic (exact) mass is 376 g/mol. The summed E-state index contributed by atoms with van der Waals surface area (Å²) in [5.41, 5.74) is 6.30. The lowest BCUT2D eigenvalue weighted by molar-refractivity contribution is 0.0209. The summed E-state index contributed by atoms with van der Waals surface area (Å²) in [5, 5.41) is 25.0. The number of aryl methyl sites for hydroxylation is 2. The molecular formula is C21H20N4O3. The van der Waals surface area contributed by atoms with Gasteiger partial charge in [0.05, 0.1) is 23.3 Å². The van der Waals surface area contributed by atoms with E-state index in [1.807, 2.05) is 56.3 Å². The molecule has 1 aliphatic heterocycles. The lowest BCUT2D eigenvalue weighted by atomic mass is 10.1. The Morgan fingerprint density at radius 1 is 1.00 bits per heavy atom. The van der Waals surface area contributed by atoms with Crippen LogP contribution in [0.5, 0.6) is 0 Å².